The molecule has 0 atom stereocenters. The lowest BCUT2D eigenvalue weighted by atomic mass is 10.2. The van der Waals surface area contributed by atoms with Gasteiger partial charge in [0.25, 0.3) is 0 Å². The summed E-state index contributed by atoms with van der Waals surface area (Å²) in [6.07, 6.45) is 1.58. The van der Waals surface area contributed by atoms with Crippen LogP contribution in [0.15, 0.2) is 56.8 Å². The van der Waals surface area contributed by atoms with E-state index in [1.54, 1.807) is 24.3 Å². The van der Waals surface area contributed by atoms with Crippen LogP contribution in [0.25, 0.3) is 6.08 Å². The minimum Gasteiger partial charge on any atom is -0.224 e. The third-order valence-electron chi connectivity index (χ3n) is 2.71. The maximum Gasteiger partial charge on any atom is 0.175 e. The van der Waals surface area contributed by atoms with E-state index in [2.05, 4.69) is 31.9 Å². The van der Waals surface area contributed by atoms with Gasteiger partial charge in [0.05, 0.1) is 5.75 Å². The summed E-state index contributed by atoms with van der Waals surface area (Å²) < 4.78 is 26.0. The first-order chi connectivity index (χ1) is 9.85. The Morgan fingerprint density at radius 3 is 2.24 bits per heavy atom. The molecular weight excluding hydrogens is 439 g/mol. The lowest BCUT2D eigenvalue weighted by Gasteiger charge is -2.03. The molecule has 0 aliphatic rings. The number of halogens is 3. The molecule has 110 valence electrons. The second kappa shape index (κ2) is 7.09. The zero-order valence-electron chi connectivity index (χ0n) is 10.8. The van der Waals surface area contributed by atoms with Gasteiger partial charge in [0.2, 0.25) is 0 Å². The Morgan fingerprint density at radius 1 is 1.00 bits per heavy atom. The summed E-state index contributed by atoms with van der Waals surface area (Å²) in [4.78, 5) is 0. The first-order valence-electron chi connectivity index (χ1n) is 5.96. The molecule has 21 heavy (non-hydrogen) atoms. The summed E-state index contributed by atoms with van der Waals surface area (Å²) in [6.45, 7) is 0. The number of hydrogen-bond acceptors (Lipinski definition) is 2. The molecule has 0 bridgehead atoms. The second-order valence-electron chi connectivity index (χ2n) is 4.40. The van der Waals surface area contributed by atoms with Crippen molar-refractivity contribution in [1.82, 2.24) is 0 Å². The van der Waals surface area contributed by atoms with E-state index in [1.807, 2.05) is 24.3 Å². The van der Waals surface area contributed by atoms with Crippen LogP contribution in [-0.4, -0.2) is 8.42 Å². The van der Waals surface area contributed by atoms with Gasteiger partial charge in [0.15, 0.2) is 9.84 Å². The molecule has 0 N–H and O–H groups in total. The van der Waals surface area contributed by atoms with Crippen LogP contribution < -0.4 is 0 Å². The second-order valence-corrected chi connectivity index (χ2v) is 8.52. The fraction of sp³-hybridized carbons (Fsp3) is 0.0667. The molecule has 0 spiro atoms. The summed E-state index contributed by atoms with van der Waals surface area (Å²) in [5.74, 6) is -0.119. The molecule has 2 aromatic carbocycles. The van der Waals surface area contributed by atoms with Gasteiger partial charge in [-0.1, -0.05) is 61.7 Å². The Morgan fingerprint density at radius 2 is 1.62 bits per heavy atom. The van der Waals surface area contributed by atoms with Crippen molar-refractivity contribution in [2.75, 3.05) is 0 Å². The van der Waals surface area contributed by atoms with E-state index in [9.17, 15) is 8.42 Å². The van der Waals surface area contributed by atoms with Gasteiger partial charge in [0.1, 0.15) is 0 Å². The predicted octanol–water partition coefficient (Wildman–Crippen LogP) is 5.45. The Kier molecular flexibility index (Phi) is 5.66. The first-order valence-corrected chi connectivity index (χ1v) is 9.64. The SMILES string of the molecule is O=S(=O)(C=Cc1ccc(Br)cc1)Cc1ccc(Br)cc1Cl. The molecule has 2 rings (SSSR count). The Balaban J connectivity index is 2.16. The molecule has 0 radical (unpaired) electrons. The molecule has 0 fully saturated rings. The van der Waals surface area contributed by atoms with Gasteiger partial charge in [-0.05, 0) is 41.5 Å². The highest BCUT2D eigenvalue weighted by Gasteiger charge is 2.11. The van der Waals surface area contributed by atoms with E-state index in [0.29, 0.717) is 10.6 Å². The van der Waals surface area contributed by atoms with Crippen LogP contribution >= 0.6 is 43.5 Å². The van der Waals surface area contributed by atoms with Gasteiger partial charge in [0, 0.05) is 19.4 Å². The van der Waals surface area contributed by atoms with Crippen molar-refractivity contribution in [3.63, 3.8) is 0 Å². The predicted molar refractivity (Wildman–Crippen MR) is 95.0 cm³/mol. The first kappa shape index (κ1) is 16.7. The van der Waals surface area contributed by atoms with Crippen LogP contribution in [0.4, 0.5) is 0 Å². The Hall–Kier alpha value is -0.620. The van der Waals surface area contributed by atoms with Gasteiger partial charge >= 0.3 is 0 Å². The summed E-state index contributed by atoms with van der Waals surface area (Å²) >= 11 is 12.7. The van der Waals surface area contributed by atoms with Crippen molar-refractivity contribution in [3.8, 4) is 0 Å². The van der Waals surface area contributed by atoms with Gasteiger partial charge < -0.3 is 0 Å². The molecule has 0 aromatic heterocycles. The number of hydrogen-bond donors (Lipinski definition) is 0. The quantitative estimate of drug-likeness (QED) is 0.621. The van der Waals surface area contributed by atoms with Gasteiger partial charge in [-0.3, -0.25) is 0 Å². The minimum atomic E-state index is -3.37. The number of rotatable bonds is 4. The highest BCUT2D eigenvalue weighted by molar-refractivity contribution is 9.10. The summed E-state index contributed by atoms with van der Waals surface area (Å²) in [6, 6.07) is 12.6. The highest BCUT2D eigenvalue weighted by Crippen LogP contribution is 2.23. The third kappa shape index (κ3) is 5.25. The molecular formula is C15H11Br2ClO2S. The molecule has 0 saturated heterocycles. The normalized spacial score (nSPS) is 12.0. The van der Waals surface area contributed by atoms with Crippen LogP contribution in [0, 0.1) is 0 Å². The fourth-order valence-corrected chi connectivity index (χ4v) is 3.89. The smallest absolute Gasteiger partial charge is 0.175 e. The van der Waals surface area contributed by atoms with Crippen molar-refractivity contribution in [2.24, 2.45) is 0 Å². The minimum absolute atomic E-state index is 0.119. The van der Waals surface area contributed by atoms with Gasteiger partial charge in [-0.2, -0.15) is 0 Å². The average Bonchev–Trinajstić information content (AvgIpc) is 2.41. The average molecular weight is 451 g/mol. The lowest BCUT2D eigenvalue weighted by molar-refractivity contribution is 0.604. The fourth-order valence-electron chi connectivity index (χ4n) is 1.66. The molecule has 6 heteroatoms. The van der Waals surface area contributed by atoms with Crippen molar-refractivity contribution in [2.45, 2.75) is 5.75 Å². The molecule has 0 amide bonds. The van der Waals surface area contributed by atoms with Crippen molar-refractivity contribution in [1.29, 1.82) is 0 Å². The maximum absolute atomic E-state index is 12.1. The summed E-state index contributed by atoms with van der Waals surface area (Å²) in [5.41, 5.74) is 1.41. The van der Waals surface area contributed by atoms with Crippen LogP contribution in [0.3, 0.4) is 0 Å². The lowest BCUT2D eigenvalue weighted by Crippen LogP contribution is -2.00. The monoisotopic (exact) mass is 448 g/mol. The van der Waals surface area contributed by atoms with Gasteiger partial charge in [-0.25, -0.2) is 8.42 Å². The zero-order chi connectivity index (χ0) is 15.5. The standard InChI is InChI=1S/C15H11Br2ClO2S/c16-13-4-1-11(2-5-13)7-8-21(19,20)10-12-3-6-14(17)9-15(12)18/h1-9H,10H2. The van der Waals surface area contributed by atoms with E-state index < -0.39 is 9.84 Å². The number of benzene rings is 2. The maximum atomic E-state index is 12.1. The van der Waals surface area contributed by atoms with E-state index in [-0.39, 0.29) is 5.75 Å². The molecule has 0 saturated carbocycles. The zero-order valence-corrected chi connectivity index (χ0v) is 15.5. The van der Waals surface area contributed by atoms with Crippen LogP contribution in [0.5, 0.6) is 0 Å². The van der Waals surface area contributed by atoms with Crippen LogP contribution in [-0.2, 0) is 15.6 Å². The van der Waals surface area contributed by atoms with Crippen molar-refractivity contribution in [3.05, 3.63) is 73.0 Å². The topological polar surface area (TPSA) is 34.1 Å². The highest BCUT2D eigenvalue weighted by atomic mass is 79.9. The van der Waals surface area contributed by atoms with E-state index >= 15 is 0 Å². The largest absolute Gasteiger partial charge is 0.224 e. The Bertz CT molecular complexity index is 769. The van der Waals surface area contributed by atoms with Crippen molar-refractivity contribution >= 4 is 59.4 Å². The summed E-state index contributed by atoms with van der Waals surface area (Å²) in [7, 11) is -3.37. The molecule has 0 aliphatic heterocycles. The van der Waals surface area contributed by atoms with E-state index in [4.69, 9.17) is 11.6 Å². The van der Waals surface area contributed by atoms with E-state index in [1.165, 1.54) is 5.41 Å². The molecule has 2 aromatic rings. The third-order valence-corrected chi connectivity index (χ3v) is 5.35. The summed E-state index contributed by atoms with van der Waals surface area (Å²) in [5, 5.41) is 1.65. The van der Waals surface area contributed by atoms with Crippen molar-refractivity contribution < 1.29 is 8.42 Å². The number of sulfone groups is 1. The van der Waals surface area contributed by atoms with Gasteiger partial charge in [-0.15, -0.1) is 0 Å². The molecule has 0 unspecified atom stereocenters. The molecule has 0 aliphatic carbocycles. The van der Waals surface area contributed by atoms with E-state index in [0.717, 1.165) is 14.5 Å². The van der Waals surface area contributed by atoms with Crippen LogP contribution in [0.1, 0.15) is 11.1 Å². The molecule has 0 heterocycles. The van der Waals surface area contributed by atoms with Crippen LogP contribution in [0.2, 0.25) is 5.02 Å². The Labute approximate surface area is 146 Å². The molecule has 2 nitrogen and oxygen atoms in total.